The summed E-state index contributed by atoms with van der Waals surface area (Å²) in [7, 11) is 0. The Morgan fingerprint density at radius 1 is 1.27 bits per heavy atom. The van der Waals surface area contributed by atoms with Gasteiger partial charge in [-0.15, -0.1) is 0 Å². The number of nitriles is 1. The fourth-order valence-corrected chi connectivity index (χ4v) is 2.78. The second-order valence-corrected chi connectivity index (χ2v) is 5.85. The molecule has 5 heteroatoms. The highest BCUT2D eigenvalue weighted by Crippen LogP contribution is 2.26. The fraction of sp³-hybridized carbons (Fsp3) is 0.412. The third-order valence-electron chi connectivity index (χ3n) is 3.29. The molecule has 22 heavy (non-hydrogen) atoms. The van der Waals surface area contributed by atoms with Crippen molar-refractivity contribution in [3.8, 4) is 6.07 Å². The molecule has 0 radical (unpaired) electrons. The topological polar surface area (TPSA) is 52.9 Å². The van der Waals surface area contributed by atoms with Gasteiger partial charge in [-0.1, -0.05) is 56.0 Å². The summed E-state index contributed by atoms with van der Waals surface area (Å²) in [6.07, 6.45) is 5.54. The summed E-state index contributed by atoms with van der Waals surface area (Å²) >= 11 is 12.1. The molecule has 0 saturated carbocycles. The van der Waals surface area contributed by atoms with E-state index in [1.54, 1.807) is 18.2 Å². The predicted molar refractivity (Wildman–Crippen MR) is 91.2 cm³/mol. The van der Waals surface area contributed by atoms with E-state index in [9.17, 15) is 10.1 Å². The summed E-state index contributed by atoms with van der Waals surface area (Å²) in [4.78, 5) is 12.4. The first-order valence-electron chi connectivity index (χ1n) is 7.40. The molecule has 0 unspecified atom stereocenters. The van der Waals surface area contributed by atoms with Gasteiger partial charge in [0.25, 0.3) is 0 Å². The average molecular weight is 339 g/mol. The van der Waals surface area contributed by atoms with Gasteiger partial charge in [-0.2, -0.15) is 5.26 Å². The van der Waals surface area contributed by atoms with E-state index >= 15 is 0 Å². The molecular formula is C17H20Cl2N2O. The van der Waals surface area contributed by atoms with E-state index in [0.717, 1.165) is 25.7 Å². The number of halogens is 2. The van der Waals surface area contributed by atoms with E-state index in [-0.39, 0.29) is 27.2 Å². The van der Waals surface area contributed by atoms with Gasteiger partial charge in [0.1, 0.15) is 11.6 Å². The molecule has 0 atom stereocenters. The molecule has 0 aliphatic rings. The number of ketones is 1. The highest BCUT2D eigenvalue weighted by molar-refractivity contribution is 6.41. The van der Waals surface area contributed by atoms with Crippen LogP contribution < -0.4 is 5.32 Å². The number of carbonyl (C=O) groups excluding carboxylic acids is 1. The van der Waals surface area contributed by atoms with Gasteiger partial charge in [0.15, 0.2) is 0 Å². The number of hydrogen-bond donors (Lipinski definition) is 1. The van der Waals surface area contributed by atoms with Crippen LogP contribution in [0.25, 0.3) is 0 Å². The Balaban J connectivity index is 2.98. The van der Waals surface area contributed by atoms with Crippen LogP contribution >= 0.6 is 23.2 Å². The second kappa shape index (κ2) is 9.50. The fourth-order valence-electron chi connectivity index (χ4n) is 2.21. The van der Waals surface area contributed by atoms with Crippen LogP contribution in [0.5, 0.6) is 0 Å². The number of benzene rings is 1. The van der Waals surface area contributed by atoms with Crippen molar-refractivity contribution in [1.29, 1.82) is 5.26 Å². The second-order valence-electron chi connectivity index (χ2n) is 5.04. The lowest BCUT2D eigenvalue weighted by molar-refractivity contribution is 0.103. The summed E-state index contributed by atoms with van der Waals surface area (Å²) in [6.45, 7) is 4.21. The molecule has 0 aliphatic carbocycles. The maximum absolute atomic E-state index is 12.4. The number of rotatable bonds is 8. The molecule has 1 aromatic carbocycles. The van der Waals surface area contributed by atoms with Gasteiger partial charge in [-0.3, -0.25) is 4.79 Å². The summed E-state index contributed by atoms with van der Waals surface area (Å²) in [5, 5.41) is 12.9. The minimum Gasteiger partial charge on any atom is -0.387 e. The van der Waals surface area contributed by atoms with Gasteiger partial charge in [-0.25, -0.2) is 0 Å². The molecule has 0 saturated heterocycles. The minimum absolute atomic E-state index is 0.00667. The molecule has 0 amide bonds. The van der Waals surface area contributed by atoms with Gasteiger partial charge in [0, 0.05) is 12.2 Å². The number of nitrogens with one attached hydrogen (secondary N) is 1. The Kier molecular flexibility index (Phi) is 8.01. The maximum Gasteiger partial charge on any atom is 0.208 e. The number of allylic oxidation sites excluding steroid dienone is 1. The first kappa shape index (κ1) is 18.5. The van der Waals surface area contributed by atoms with Crippen LogP contribution in [0, 0.1) is 11.3 Å². The minimum atomic E-state index is -0.461. The van der Waals surface area contributed by atoms with Crippen LogP contribution in [0.4, 0.5) is 0 Å². The van der Waals surface area contributed by atoms with Crippen LogP contribution in [0.15, 0.2) is 30.0 Å². The van der Waals surface area contributed by atoms with Gasteiger partial charge in [-0.05, 0) is 25.0 Å². The molecule has 1 rings (SSSR count). The van der Waals surface area contributed by atoms with Crippen molar-refractivity contribution in [2.75, 3.05) is 0 Å². The quantitative estimate of drug-likeness (QED) is 0.405. The van der Waals surface area contributed by atoms with Crippen LogP contribution in [0.2, 0.25) is 10.0 Å². The van der Waals surface area contributed by atoms with Gasteiger partial charge in [0.05, 0.1) is 15.6 Å². The van der Waals surface area contributed by atoms with Crippen molar-refractivity contribution < 1.29 is 4.79 Å². The average Bonchev–Trinajstić information content (AvgIpc) is 2.48. The van der Waals surface area contributed by atoms with Crippen LogP contribution in [-0.2, 0) is 0 Å². The van der Waals surface area contributed by atoms with Crippen LogP contribution in [0.1, 0.15) is 49.9 Å². The molecule has 0 fully saturated rings. The monoisotopic (exact) mass is 338 g/mol. The molecule has 1 N–H and O–H groups in total. The number of carbonyl (C=O) groups is 1. The lowest BCUT2D eigenvalue weighted by atomic mass is 10.0. The molecule has 0 aromatic heterocycles. The first-order chi connectivity index (χ1) is 10.5. The Morgan fingerprint density at radius 3 is 2.27 bits per heavy atom. The zero-order valence-corrected chi connectivity index (χ0v) is 14.3. The lowest BCUT2D eigenvalue weighted by Crippen LogP contribution is -2.25. The lowest BCUT2D eigenvalue weighted by Gasteiger charge is -2.15. The standard InChI is InChI=1S/C17H20Cl2N2O/c1-3-6-13(7-4-2)21-11-12(10-20)17(22)16-14(18)8-5-9-15(16)19/h5,8-9,11,13,21H,3-4,6-7H2,1-2H3/b12-11+. The zero-order chi connectivity index (χ0) is 16.5. The molecule has 0 aliphatic heterocycles. The highest BCUT2D eigenvalue weighted by atomic mass is 35.5. The number of hydrogen-bond acceptors (Lipinski definition) is 3. The molecule has 118 valence electrons. The zero-order valence-electron chi connectivity index (χ0n) is 12.8. The van der Waals surface area contributed by atoms with E-state index in [4.69, 9.17) is 23.2 Å². The van der Waals surface area contributed by atoms with E-state index in [1.807, 2.05) is 6.07 Å². The molecule has 0 spiro atoms. The summed E-state index contributed by atoms with van der Waals surface area (Å²) < 4.78 is 0. The maximum atomic E-state index is 12.4. The largest absolute Gasteiger partial charge is 0.387 e. The van der Waals surface area contributed by atoms with Gasteiger partial charge < -0.3 is 5.32 Å². The van der Waals surface area contributed by atoms with Crippen molar-refractivity contribution >= 4 is 29.0 Å². The number of Topliss-reactive ketones (excluding diaryl/α,β-unsaturated/α-hetero) is 1. The molecule has 0 bridgehead atoms. The summed E-state index contributed by atoms with van der Waals surface area (Å²) in [5.41, 5.74) is 0.176. The Hall–Kier alpha value is -1.50. The molecular weight excluding hydrogens is 319 g/mol. The van der Waals surface area contributed by atoms with Crippen molar-refractivity contribution in [3.05, 3.63) is 45.6 Å². The van der Waals surface area contributed by atoms with Gasteiger partial charge in [0.2, 0.25) is 5.78 Å². The summed E-state index contributed by atoms with van der Waals surface area (Å²) in [6, 6.07) is 7.01. The predicted octanol–water partition coefficient (Wildman–Crippen LogP) is 5.14. The first-order valence-corrected chi connectivity index (χ1v) is 8.15. The smallest absolute Gasteiger partial charge is 0.208 e. The van der Waals surface area contributed by atoms with Crippen molar-refractivity contribution in [2.45, 2.75) is 45.6 Å². The Labute approximate surface area is 141 Å². The van der Waals surface area contributed by atoms with Crippen molar-refractivity contribution in [1.82, 2.24) is 5.32 Å². The van der Waals surface area contributed by atoms with E-state index in [2.05, 4.69) is 19.2 Å². The van der Waals surface area contributed by atoms with Crippen LogP contribution in [0.3, 0.4) is 0 Å². The van der Waals surface area contributed by atoms with Gasteiger partial charge >= 0.3 is 0 Å². The molecule has 0 heterocycles. The molecule has 3 nitrogen and oxygen atoms in total. The van der Waals surface area contributed by atoms with E-state index < -0.39 is 5.78 Å². The van der Waals surface area contributed by atoms with Crippen LogP contribution in [-0.4, -0.2) is 11.8 Å². The normalized spacial score (nSPS) is 11.4. The van der Waals surface area contributed by atoms with E-state index in [1.165, 1.54) is 6.20 Å². The summed E-state index contributed by atoms with van der Waals surface area (Å²) in [5.74, 6) is -0.461. The number of nitrogens with zero attached hydrogens (tertiary/aromatic N) is 1. The highest BCUT2D eigenvalue weighted by Gasteiger charge is 2.19. The molecule has 1 aromatic rings. The van der Waals surface area contributed by atoms with Crippen molar-refractivity contribution in [2.24, 2.45) is 0 Å². The third kappa shape index (κ3) is 5.05. The Bertz CT molecular complexity index is 565. The SMILES string of the molecule is CCCC(CCC)N/C=C(\C#N)C(=O)c1c(Cl)cccc1Cl. The van der Waals surface area contributed by atoms with Crippen molar-refractivity contribution in [3.63, 3.8) is 0 Å². The third-order valence-corrected chi connectivity index (χ3v) is 3.92. The van der Waals surface area contributed by atoms with E-state index in [0.29, 0.717) is 0 Å². The Morgan fingerprint density at radius 2 is 1.82 bits per heavy atom.